The minimum Gasteiger partial charge on any atom is -0.507 e. The monoisotopic (exact) mass is 534 g/mol. The molecular formula is C30H31ClN2O5. The number of carbonyl (C=O) groups excluding carboxylic acids is 2. The second-order valence-electron chi connectivity index (χ2n) is 9.22. The fraction of sp³-hybridized carbons (Fsp3) is 0.267. The summed E-state index contributed by atoms with van der Waals surface area (Å²) in [5.74, 6) is -0.545. The van der Waals surface area contributed by atoms with Crippen LogP contribution in [0.1, 0.15) is 29.7 Å². The van der Waals surface area contributed by atoms with Gasteiger partial charge in [-0.05, 0) is 62.5 Å². The molecule has 4 rings (SSSR count). The maximum Gasteiger partial charge on any atom is 0.295 e. The molecule has 3 aromatic rings. The Morgan fingerprint density at radius 2 is 1.71 bits per heavy atom. The fourth-order valence-electron chi connectivity index (χ4n) is 4.33. The van der Waals surface area contributed by atoms with Gasteiger partial charge in [-0.15, -0.1) is 0 Å². The molecule has 0 aromatic heterocycles. The Hall–Kier alpha value is -3.81. The number of likely N-dealkylation sites (N-methyl/N-ethyl adjacent to an activating group) is 1. The van der Waals surface area contributed by atoms with Gasteiger partial charge in [0.05, 0.1) is 23.2 Å². The summed E-state index contributed by atoms with van der Waals surface area (Å²) in [6, 6.07) is 21.1. The number of halogens is 1. The number of hydrogen-bond donors (Lipinski definition) is 1. The SMILES string of the molecule is CCOc1ccc(C(O)=C2C(=O)C(=O)N(CCN(C)C)[C@@H]2c2ccc(OCc3ccccc3)cc2)cc1Cl. The Morgan fingerprint density at radius 1 is 1.00 bits per heavy atom. The number of rotatable bonds is 10. The molecule has 0 spiro atoms. The first-order chi connectivity index (χ1) is 18.3. The summed E-state index contributed by atoms with van der Waals surface area (Å²) < 4.78 is 11.4. The van der Waals surface area contributed by atoms with E-state index in [4.69, 9.17) is 21.1 Å². The molecule has 1 saturated heterocycles. The first-order valence-electron chi connectivity index (χ1n) is 12.4. The van der Waals surface area contributed by atoms with Gasteiger partial charge in [-0.3, -0.25) is 9.59 Å². The number of aliphatic hydroxyl groups excluding tert-OH is 1. The van der Waals surface area contributed by atoms with Gasteiger partial charge in [0, 0.05) is 18.7 Å². The van der Waals surface area contributed by atoms with Crippen LogP contribution in [0, 0.1) is 0 Å². The highest BCUT2D eigenvalue weighted by molar-refractivity contribution is 6.46. The summed E-state index contributed by atoms with van der Waals surface area (Å²) in [6.07, 6.45) is 0. The number of Topliss-reactive ketones (excluding diaryl/α,β-unsaturated/α-hetero) is 1. The Bertz CT molecular complexity index is 1320. The van der Waals surface area contributed by atoms with E-state index in [1.165, 1.54) is 11.0 Å². The minimum atomic E-state index is -0.761. The lowest BCUT2D eigenvalue weighted by Crippen LogP contribution is -2.35. The number of likely N-dealkylation sites (tertiary alicyclic amines) is 1. The van der Waals surface area contributed by atoms with E-state index in [-0.39, 0.29) is 11.3 Å². The van der Waals surface area contributed by atoms with Gasteiger partial charge < -0.3 is 24.4 Å². The van der Waals surface area contributed by atoms with Gasteiger partial charge in [-0.2, -0.15) is 0 Å². The minimum absolute atomic E-state index is 0.0203. The third-order valence-corrected chi connectivity index (χ3v) is 6.57. The Kier molecular flexibility index (Phi) is 8.71. The van der Waals surface area contributed by atoms with Crippen LogP contribution in [0.4, 0.5) is 0 Å². The average molecular weight is 535 g/mol. The van der Waals surface area contributed by atoms with Gasteiger partial charge in [0.25, 0.3) is 11.7 Å². The van der Waals surface area contributed by atoms with E-state index in [1.807, 2.05) is 68.4 Å². The van der Waals surface area contributed by atoms with Crippen LogP contribution in [0.15, 0.2) is 78.4 Å². The van der Waals surface area contributed by atoms with Gasteiger partial charge in [0.2, 0.25) is 0 Å². The number of amides is 1. The van der Waals surface area contributed by atoms with Crippen LogP contribution in [0.2, 0.25) is 5.02 Å². The van der Waals surface area contributed by atoms with Crippen molar-refractivity contribution in [3.63, 3.8) is 0 Å². The smallest absolute Gasteiger partial charge is 0.295 e. The van der Waals surface area contributed by atoms with Gasteiger partial charge in [-0.1, -0.05) is 54.1 Å². The Labute approximate surface area is 227 Å². The molecule has 0 bridgehead atoms. The lowest BCUT2D eigenvalue weighted by Gasteiger charge is -2.26. The normalized spacial score (nSPS) is 16.8. The van der Waals surface area contributed by atoms with Gasteiger partial charge >= 0.3 is 0 Å². The van der Waals surface area contributed by atoms with Crippen molar-refractivity contribution < 1.29 is 24.2 Å². The second-order valence-corrected chi connectivity index (χ2v) is 9.62. The third kappa shape index (κ3) is 6.01. The zero-order valence-corrected chi connectivity index (χ0v) is 22.4. The maximum atomic E-state index is 13.2. The molecule has 38 heavy (non-hydrogen) atoms. The zero-order chi connectivity index (χ0) is 27.2. The van der Waals surface area contributed by atoms with Crippen molar-refractivity contribution in [2.45, 2.75) is 19.6 Å². The predicted octanol–water partition coefficient (Wildman–Crippen LogP) is 5.30. The van der Waals surface area contributed by atoms with Crippen LogP contribution in [0.25, 0.3) is 5.76 Å². The van der Waals surface area contributed by atoms with Crippen molar-refractivity contribution in [2.24, 2.45) is 0 Å². The molecule has 0 radical (unpaired) electrons. The van der Waals surface area contributed by atoms with Crippen molar-refractivity contribution >= 4 is 29.1 Å². The fourth-order valence-corrected chi connectivity index (χ4v) is 4.56. The van der Waals surface area contributed by atoms with Crippen molar-refractivity contribution in [2.75, 3.05) is 33.8 Å². The van der Waals surface area contributed by atoms with Gasteiger partial charge in [0.15, 0.2) is 0 Å². The van der Waals surface area contributed by atoms with Crippen LogP contribution in [0.3, 0.4) is 0 Å². The predicted molar refractivity (Wildman–Crippen MR) is 147 cm³/mol. The highest BCUT2D eigenvalue weighted by atomic mass is 35.5. The molecule has 1 aliphatic rings. The number of hydrogen-bond acceptors (Lipinski definition) is 6. The maximum absolute atomic E-state index is 13.2. The average Bonchev–Trinajstić information content (AvgIpc) is 3.17. The molecule has 1 atom stereocenters. The van der Waals surface area contributed by atoms with E-state index in [1.54, 1.807) is 24.3 Å². The molecule has 0 aliphatic carbocycles. The van der Waals surface area contributed by atoms with E-state index in [9.17, 15) is 14.7 Å². The standard InChI is InChI=1S/C30H31ClN2O5/c1-4-37-25-15-12-22(18-24(25)31)28(34)26-27(33(17-16-32(2)3)30(36)29(26)35)21-10-13-23(14-11-21)38-19-20-8-6-5-7-9-20/h5-15,18,27,34H,4,16-17,19H2,1-3H3/t27-/m1/s1. The van der Waals surface area contributed by atoms with E-state index >= 15 is 0 Å². The highest BCUT2D eigenvalue weighted by Gasteiger charge is 2.45. The molecule has 1 aliphatic heterocycles. The number of benzene rings is 3. The van der Waals surface area contributed by atoms with Crippen LogP contribution in [-0.2, 0) is 16.2 Å². The van der Waals surface area contributed by atoms with E-state index in [0.29, 0.717) is 54.0 Å². The Morgan fingerprint density at radius 3 is 2.34 bits per heavy atom. The highest BCUT2D eigenvalue weighted by Crippen LogP contribution is 2.40. The van der Waals surface area contributed by atoms with E-state index in [2.05, 4.69) is 0 Å². The quantitative estimate of drug-likeness (QED) is 0.216. The van der Waals surface area contributed by atoms with Crippen LogP contribution >= 0.6 is 11.6 Å². The number of carbonyl (C=O) groups is 2. The number of aliphatic hydroxyl groups is 1. The molecule has 0 unspecified atom stereocenters. The van der Waals surface area contributed by atoms with Gasteiger partial charge in [0.1, 0.15) is 23.9 Å². The summed E-state index contributed by atoms with van der Waals surface area (Å²) in [4.78, 5) is 29.8. The first-order valence-corrected chi connectivity index (χ1v) is 12.8. The molecular weight excluding hydrogens is 504 g/mol. The largest absolute Gasteiger partial charge is 0.507 e. The number of ether oxygens (including phenoxy) is 2. The first kappa shape index (κ1) is 27.2. The molecule has 1 amide bonds. The molecule has 1 heterocycles. The lowest BCUT2D eigenvalue weighted by molar-refractivity contribution is -0.140. The summed E-state index contributed by atoms with van der Waals surface area (Å²) in [5, 5.41) is 11.6. The topological polar surface area (TPSA) is 79.3 Å². The summed E-state index contributed by atoms with van der Waals surface area (Å²) >= 11 is 6.34. The molecule has 3 aromatic carbocycles. The summed E-state index contributed by atoms with van der Waals surface area (Å²) in [5.41, 5.74) is 2.08. The van der Waals surface area contributed by atoms with Crippen molar-refractivity contribution in [3.05, 3.63) is 100 Å². The van der Waals surface area contributed by atoms with Crippen molar-refractivity contribution in [1.29, 1.82) is 0 Å². The Balaban J connectivity index is 1.69. The summed E-state index contributed by atoms with van der Waals surface area (Å²) in [7, 11) is 3.79. The van der Waals surface area contributed by atoms with E-state index in [0.717, 1.165) is 5.56 Å². The second kappa shape index (κ2) is 12.2. The zero-order valence-electron chi connectivity index (χ0n) is 21.7. The number of ketones is 1. The molecule has 198 valence electrons. The van der Waals surface area contributed by atoms with Crippen LogP contribution in [0.5, 0.6) is 11.5 Å². The summed E-state index contributed by atoms with van der Waals surface area (Å²) in [6.45, 7) is 3.57. The van der Waals surface area contributed by atoms with Crippen LogP contribution in [-0.4, -0.2) is 60.4 Å². The van der Waals surface area contributed by atoms with E-state index < -0.39 is 17.7 Å². The number of nitrogens with zero attached hydrogens (tertiary/aromatic N) is 2. The molecule has 0 saturated carbocycles. The van der Waals surface area contributed by atoms with Crippen LogP contribution < -0.4 is 9.47 Å². The lowest BCUT2D eigenvalue weighted by atomic mass is 9.95. The third-order valence-electron chi connectivity index (χ3n) is 6.28. The molecule has 7 nitrogen and oxygen atoms in total. The van der Waals surface area contributed by atoms with Gasteiger partial charge in [-0.25, -0.2) is 0 Å². The molecule has 1 N–H and O–H groups in total. The van der Waals surface area contributed by atoms with Crippen molar-refractivity contribution in [3.8, 4) is 11.5 Å². The molecule has 8 heteroatoms. The molecule has 1 fully saturated rings. The van der Waals surface area contributed by atoms with Crippen molar-refractivity contribution in [1.82, 2.24) is 9.80 Å².